The van der Waals surface area contributed by atoms with Gasteiger partial charge in [0.2, 0.25) is 0 Å². The number of aliphatic hydroxyl groups excluding tert-OH is 3. The number of rotatable bonds is 5. The number of hydrogen-bond donors (Lipinski definition) is 4. The Labute approximate surface area is 107 Å². The van der Waals surface area contributed by atoms with Crippen molar-refractivity contribution < 1.29 is 33.2 Å². The van der Waals surface area contributed by atoms with Gasteiger partial charge in [-0.1, -0.05) is 6.07 Å². The first-order chi connectivity index (χ1) is 8.74. The zero-order chi connectivity index (χ0) is 14.6. The van der Waals surface area contributed by atoms with Gasteiger partial charge in [-0.2, -0.15) is 0 Å². The predicted octanol–water partition coefficient (Wildman–Crippen LogP) is 0.944. The van der Waals surface area contributed by atoms with E-state index in [9.17, 15) is 23.4 Å². The topological polar surface area (TPSA) is 95.9 Å². The summed E-state index contributed by atoms with van der Waals surface area (Å²) in [6.45, 7) is -0.340. The summed E-state index contributed by atoms with van der Waals surface area (Å²) in [6.07, 6.45) is -7.57. The lowest BCUT2D eigenvalue weighted by Gasteiger charge is -2.19. The summed E-state index contributed by atoms with van der Waals surface area (Å²) in [5.41, 5.74) is 5.41. The summed E-state index contributed by atoms with van der Waals surface area (Å²) >= 11 is 0. The summed E-state index contributed by atoms with van der Waals surface area (Å²) in [6, 6.07) is 3.01. The molecule has 1 rings (SSSR count). The van der Waals surface area contributed by atoms with E-state index in [-0.39, 0.29) is 24.3 Å². The van der Waals surface area contributed by atoms with E-state index in [1.54, 1.807) is 0 Å². The predicted molar refractivity (Wildman–Crippen MR) is 60.2 cm³/mol. The molecule has 0 bridgehead atoms. The highest BCUT2D eigenvalue weighted by atomic mass is 19.4. The van der Waals surface area contributed by atoms with Crippen LogP contribution >= 0.6 is 0 Å². The smallest absolute Gasteiger partial charge is 0.406 e. The molecular weight excluding hydrogens is 267 g/mol. The molecule has 108 valence electrons. The summed E-state index contributed by atoms with van der Waals surface area (Å²) in [7, 11) is 0. The number of halogens is 3. The van der Waals surface area contributed by atoms with Crippen molar-refractivity contribution in [2.45, 2.75) is 25.0 Å². The summed E-state index contributed by atoms with van der Waals surface area (Å²) in [5.74, 6) is -0.516. The Morgan fingerprint density at radius 1 is 1.26 bits per heavy atom. The Bertz CT molecular complexity index is 425. The second-order valence-corrected chi connectivity index (χ2v) is 3.86. The van der Waals surface area contributed by atoms with Crippen molar-refractivity contribution in [1.29, 1.82) is 0 Å². The van der Waals surface area contributed by atoms with Crippen LogP contribution in [0.3, 0.4) is 0 Å². The fourth-order valence-electron chi connectivity index (χ4n) is 1.52. The third kappa shape index (κ3) is 4.58. The van der Waals surface area contributed by atoms with Crippen LogP contribution < -0.4 is 10.5 Å². The number of alkyl halides is 3. The van der Waals surface area contributed by atoms with Crippen LogP contribution in [0.5, 0.6) is 5.75 Å². The molecule has 8 heteroatoms. The molecule has 0 aliphatic carbocycles. The molecule has 0 aromatic heterocycles. The van der Waals surface area contributed by atoms with Gasteiger partial charge in [-0.05, 0) is 12.5 Å². The maximum Gasteiger partial charge on any atom is 0.573 e. The van der Waals surface area contributed by atoms with Gasteiger partial charge in [0.25, 0.3) is 0 Å². The van der Waals surface area contributed by atoms with Crippen molar-refractivity contribution in [1.82, 2.24) is 0 Å². The summed E-state index contributed by atoms with van der Waals surface area (Å²) in [4.78, 5) is 0. The van der Waals surface area contributed by atoms with Crippen LogP contribution in [0.4, 0.5) is 18.9 Å². The van der Waals surface area contributed by atoms with E-state index in [0.29, 0.717) is 0 Å². The van der Waals surface area contributed by atoms with Gasteiger partial charge in [0.05, 0.1) is 6.10 Å². The van der Waals surface area contributed by atoms with E-state index in [4.69, 9.17) is 10.8 Å². The molecule has 5 N–H and O–H groups in total. The Balaban J connectivity index is 2.88. The highest BCUT2D eigenvalue weighted by Crippen LogP contribution is 2.30. The SMILES string of the molecule is Nc1cc(OC(F)(F)F)ccc1C(O)C(O)CCO. The molecule has 0 fully saturated rings. The fourth-order valence-corrected chi connectivity index (χ4v) is 1.52. The number of hydrogen-bond acceptors (Lipinski definition) is 5. The van der Waals surface area contributed by atoms with E-state index in [1.807, 2.05) is 0 Å². The van der Waals surface area contributed by atoms with Gasteiger partial charge in [0.1, 0.15) is 11.9 Å². The second-order valence-electron chi connectivity index (χ2n) is 3.86. The highest BCUT2D eigenvalue weighted by molar-refractivity contribution is 5.52. The molecule has 0 aliphatic heterocycles. The molecule has 0 saturated heterocycles. The van der Waals surface area contributed by atoms with E-state index in [1.165, 1.54) is 0 Å². The number of nitrogens with two attached hydrogens (primary N) is 1. The summed E-state index contributed by atoms with van der Waals surface area (Å²) in [5, 5.41) is 27.8. The number of benzene rings is 1. The Morgan fingerprint density at radius 2 is 1.89 bits per heavy atom. The molecule has 2 atom stereocenters. The standard InChI is InChI=1S/C11H14F3NO4/c12-11(13,14)19-6-1-2-7(8(15)5-6)10(18)9(17)3-4-16/h1-2,5,9-10,16-18H,3-4,15H2. The molecule has 2 unspecified atom stereocenters. The van der Waals surface area contributed by atoms with Crippen LogP contribution in [0, 0.1) is 0 Å². The van der Waals surface area contributed by atoms with Gasteiger partial charge in [0.15, 0.2) is 0 Å². The first kappa shape index (κ1) is 15.5. The van der Waals surface area contributed by atoms with Crippen molar-refractivity contribution in [3.63, 3.8) is 0 Å². The maximum absolute atomic E-state index is 12.0. The molecule has 19 heavy (non-hydrogen) atoms. The van der Waals surface area contributed by atoms with Gasteiger partial charge < -0.3 is 25.8 Å². The van der Waals surface area contributed by atoms with E-state index >= 15 is 0 Å². The van der Waals surface area contributed by atoms with Crippen LogP contribution in [0.1, 0.15) is 18.1 Å². The second kappa shape index (κ2) is 6.09. The highest BCUT2D eigenvalue weighted by Gasteiger charge is 2.31. The van der Waals surface area contributed by atoms with Gasteiger partial charge in [0, 0.05) is 23.9 Å². The molecule has 0 radical (unpaired) electrons. The largest absolute Gasteiger partial charge is 0.573 e. The monoisotopic (exact) mass is 281 g/mol. The first-order valence-corrected chi connectivity index (χ1v) is 5.36. The van der Waals surface area contributed by atoms with E-state index in [0.717, 1.165) is 18.2 Å². The molecule has 0 heterocycles. The van der Waals surface area contributed by atoms with Crippen LogP contribution in [0.2, 0.25) is 0 Å². The van der Waals surface area contributed by atoms with Crippen molar-refractivity contribution in [3.8, 4) is 5.75 Å². The van der Waals surface area contributed by atoms with Gasteiger partial charge >= 0.3 is 6.36 Å². The van der Waals surface area contributed by atoms with Gasteiger partial charge in [-0.25, -0.2) is 0 Å². The lowest BCUT2D eigenvalue weighted by molar-refractivity contribution is -0.274. The molecule has 1 aromatic carbocycles. The number of nitrogen functional groups attached to an aromatic ring is 1. The third-order valence-electron chi connectivity index (χ3n) is 2.40. The number of anilines is 1. The zero-order valence-electron chi connectivity index (χ0n) is 9.76. The minimum Gasteiger partial charge on any atom is -0.406 e. The molecule has 0 saturated carbocycles. The first-order valence-electron chi connectivity index (χ1n) is 5.36. The third-order valence-corrected chi connectivity index (χ3v) is 2.40. The quantitative estimate of drug-likeness (QED) is 0.602. The molecule has 0 amide bonds. The fraction of sp³-hybridized carbons (Fsp3) is 0.455. The van der Waals surface area contributed by atoms with Crippen LogP contribution in [0.25, 0.3) is 0 Å². The van der Waals surface area contributed by atoms with Gasteiger partial charge in [-0.15, -0.1) is 13.2 Å². The van der Waals surface area contributed by atoms with Crippen LogP contribution in [0.15, 0.2) is 18.2 Å². The molecule has 0 spiro atoms. The van der Waals surface area contributed by atoms with E-state index in [2.05, 4.69) is 4.74 Å². The zero-order valence-corrected chi connectivity index (χ0v) is 9.76. The van der Waals surface area contributed by atoms with E-state index < -0.39 is 24.3 Å². The lowest BCUT2D eigenvalue weighted by atomic mass is 10.0. The van der Waals surface area contributed by atoms with Crippen molar-refractivity contribution in [2.24, 2.45) is 0 Å². The average molecular weight is 281 g/mol. The van der Waals surface area contributed by atoms with Crippen molar-refractivity contribution in [2.75, 3.05) is 12.3 Å². The maximum atomic E-state index is 12.0. The molecule has 1 aromatic rings. The minimum atomic E-state index is -4.83. The molecular formula is C11H14F3NO4. The average Bonchev–Trinajstić information content (AvgIpc) is 2.26. The Hall–Kier alpha value is -1.51. The molecule has 5 nitrogen and oxygen atoms in total. The number of aliphatic hydroxyl groups is 3. The Morgan fingerprint density at radius 3 is 2.37 bits per heavy atom. The minimum absolute atomic E-state index is 0.0653. The van der Waals surface area contributed by atoms with Crippen LogP contribution in [-0.4, -0.2) is 34.4 Å². The normalized spacial score (nSPS) is 15.1. The van der Waals surface area contributed by atoms with Gasteiger partial charge in [-0.3, -0.25) is 0 Å². The summed E-state index contributed by atoms with van der Waals surface area (Å²) < 4.78 is 39.6. The van der Waals surface area contributed by atoms with Crippen molar-refractivity contribution in [3.05, 3.63) is 23.8 Å². The number of ether oxygens (including phenoxy) is 1. The van der Waals surface area contributed by atoms with Crippen molar-refractivity contribution >= 4 is 5.69 Å². The molecule has 0 aliphatic rings. The lowest BCUT2D eigenvalue weighted by Crippen LogP contribution is -2.21. The Kier molecular flexibility index (Phi) is 4.98. The van der Waals surface area contributed by atoms with Crippen LogP contribution in [-0.2, 0) is 0 Å².